The zero-order chi connectivity index (χ0) is 13.5. The third-order valence-corrected chi connectivity index (χ3v) is 2.80. The molecular weight excluding hydrogens is 226 g/mol. The predicted molar refractivity (Wildman–Crippen MR) is 72.1 cm³/mol. The van der Waals surface area contributed by atoms with Gasteiger partial charge in [-0.05, 0) is 12.5 Å². The molecule has 1 N–H and O–H groups in total. The maximum Gasteiger partial charge on any atom is 0.307 e. The Hall–Kier alpha value is -1.79. The van der Waals surface area contributed by atoms with Crippen LogP contribution in [0.4, 0.5) is 0 Å². The topological polar surface area (TPSA) is 40.5 Å². The van der Waals surface area contributed by atoms with Gasteiger partial charge in [0.15, 0.2) is 0 Å². The van der Waals surface area contributed by atoms with Crippen LogP contribution < -0.4 is 0 Å². The molecule has 0 aliphatic heterocycles. The molecule has 3 heteroatoms. The highest BCUT2D eigenvalue weighted by Crippen LogP contribution is 2.09. The molecule has 1 aromatic rings. The summed E-state index contributed by atoms with van der Waals surface area (Å²) in [5.41, 5.74) is 2.36. The maximum atomic E-state index is 10.9. The van der Waals surface area contributed by atoms with Gasteiger partial charge in [0.25, 0.3) is 0 Å². The first-order valence-electron chi connectivity index (χ1n) is 5.97. The maximum absolute atomic E-state index is 10.9. The van der Waals surface area contributed by atoms with E-state index in [0.29, 0.717) is 19.6 Å². The van der Waals surface area contributed by atoms with Gasteiger partial charge in [-0.15, -0.1) is 6.42 Å². The standard InChI is InChI=1S/C15H19NO2/c1-4-9-16(10-13(3)15(17)18)11-14-7-5-12(2)6-8-14/h1,5-8,13H,9-11H2,2-3H3,(H,17,18). The molecule has 1 aromatic carbocycles. The molecule has 0 fully saturated rings. The Kier molecular flexibility index (Phi) is 5.41. The van der Waals surface area contributed by atoms with Crippen LogP contribution in [0.1, 0.15) is 18.1 Å². The second-order valence-electron chi connectivity index (χ2n) is 4.60. The quantitative estimate of drug-likeness (QED) is 0.781. The van der Waals surface area contributed by atoms with Crippen molar-refractivity contribution in [2.75, 3.05) is 13.1 Å². The summed E-state index contributed by atoms with van der Waals surface area (Å²) in [5, 5.41) is 8.92. The van der Waals surface area contributed by atoms with E-state index < -0.39 is 11.9 Å². The first-order valence-corrected chi connectivity index (χ1v) is 5.97. The summed E-state index contributed by atoms with van der Waals surface area (Å²) in [7, 11) is 0. The fraction of sp³-hybridized carbons (Fsp3) is 0.400. The SMILES string of the molecule is C#CCN(Cc1ccc(C)cc1)CC(C)C(=O)O. The number of nitrogens with zero attached hydrogens (tertiary/aromatic N) is 1. The Labute approximate surface area is 108 Å². The monoisotopic (exact) mass is 245 g/mol. The number of benzene rings is 1. The molecule has 1 atom stereocenters. The Morgan fingerprint density at radius 1 is 1.44 bits per heavy atom. The fourth-order valence-electron chi connectivity index (χ4n) is 1.73. The summed E-state index contributed by atoms with van der Waals surface area (Å²) >= 11 is 0. The molecule has 0 radical (unpaired) electrons. The number of hydrogen-bond acceptors (Lipinski definition) is 2. The van der Waals surface area contributed by atoms with E-state index in [1.807, 2.05) is 36.1 Å². The van der Waals surface area contributed by atoms with E-state index in [2.05, 4.69) is 5.92 Å². The lowest BCUT2D eigenvalue weighted by atomic mass is 10.1. The average Bonchev–Trinajstić information content (AvgIpc) is 2.32. The van der Waals surface area contributed by atoms with E-state index in [1.165, 1.54) is 5.56 Å². The Balaban J connectivity index is 2.65. The van der Waals surface area contributed by atoms with Crippen molar-refractivity contribution < 1.29 is 9.90 Å². The highest BCUT2D eigenvalue weighted by Gasteiger charge is 2.15. The van der Waals surface area contributed by atoms with Crippen molar-refractivity contribution >= 4 is 5.97 Å². The van der Waals surface area contributed by atoms with Crippen LogP contribution in [0.25, 0.3) is 0 Å². The molecule has 3 nitrogen and oxygen atoms in total. The van der Waals surface area contributed by atoms with Crippen molar-refractivity contribution in [2.24, 2.45) is 5.92 Å². The molecule has 18 heavy (non-hydrogen) atoms. The number of terminal acetylenes is 1. The zero-order valence-corrected chi connectivity index (χ0v) is 10.9. The second kappa shape index (κ2) is 6.83. The number of rotatable bonds is 6. The molecule has 0 spiro atoms. The van der Waals surface area contributed by atoms with Crippen LogP contribution in [-0.2, 0) is 11.3 Å². The van der Waals surface area contributed by atoms with Crippen LogP contribution in [0.3, 0.4) is 0 Å². The van der Waals surface area contributed by atoms with Crippen LogP contribution in [0.15, 0.2) is 24.3 Å². The summed E-state index contributed by atoms with van der Waals surface area (Å²) < 4.78 is 0. The average molecular weight is 245 g/mol. The van der Waals surface area contributed by atoms with Gasteiger partial charge in [0.2, 0.25) is 0 Å². The number of carboxylic acid groups (broad SMARTS) is 1. The minimum absolute atomic E-state index is 0.413. The van der Waals surface area contributed by atoms with Gasteiger partial charge in [-0.25, -0.2) is 0 Å². The van der Waals surface area contributed by atoms with Crippen molar-refractivity contribution in [1.82, 2.24) is 4.90 Å². The Bertz CT molecular complexity index is 431. The highest BCUT2D eigenvalue weighted by molar-refractivity contribution is 5.69. The van der Waals surface area contributed by atoms with E-state index in [1.54, 1.807) is 6.92 Å². The molecule has 0 aliphatic carbocycles. The molecule has 0 aromatic heterocycles. The smallest absolute Gasteiger partial charge is 0.307 e. The predicted octanol–water partition coefficient (Wildman–Crippen LogP) is 2.15. The number of aryl methyl sites for hydroxylation is 1. The van der Waals surface area contributed by atoms with Crippen LogP contribution in [0.2, 0.25) is 0 Å². The fourth-order valence-corrected chi connectivity index (χ4v) is 1.73. The highest BCUT2D eigenvalue weighted by atomic mass is 16.4. The molecule has 0 saturated carbocycles. The van der Waals surface area contributed by atoms with Crippen molar-refractivity contribution in [1.29, 1.82) is 0 Å². The van der Waals surface area contributed by atoms with Gasteiger partial charge >= 0.3 is 5.97 Å². The molecule has 0 aliphatic rings. The van der Waals surface area contributed by atoms with E-state index in [9.17, 15) is 4.79 Å². The van der Waals surface area contributed by atoms with Crippen molar-refractivity contribution in [3.05, 3.63) is 35.4 Å². The second-order valence-corrected chi connectivity index (χ2v) is 4.60. The minimum atomic E-state index is -0.791. The van der Waals surface area contributed by atoms with E-state index in [-0.39, 0.29) is 0 Å². The Morgan fingerprint density at radius 2 is 2.06 bits per heavy atom. The van der Waals surface area contributed by atoms with Gasteiger partial charge in [-0.1, -0.05) is 42.7 Å². The first kappa shape index (κ1) is 14.3. The molecular formula is C15H19NO2. The normalized spacial score (nSPS) is 12.1. The summed E-state index contributed by atoms with van der Waals surface area (Å²) in [5.74, 6) is 1.37. The molecule has 0 saturated heterocycles. The van der Waals surface area contributed by atoms with Gasteiger partial charge in [0.05, 0.1) is 12.5 Å². The zero-order valence-electron chi connectivity index (χ0n) is 10.9. The van der Waals surface area contributed by atoms with Crippen molar-refractivity contribution in [3.63, 3.8) is 0 Å². The molecule has 1 rings (SSSR count). The third kappa shape index (κ3) is 4.60. The molecule has 0 bridgehead atoms. The van der Waals surface area contributed by atoms with Crippen LogP contribution in [0, 0.1) is 25.2 Å². The lowest BCUT2D eigenvalue weighted by Crippen LogP contribution is -2.31. The minimum Gasteiger partial charge on any atom is -0.481 e. The molecule has 0 amide bonds. The first-order chi connectivity index (χ1) is 8.52. The van der Waals surface area contributed by atoms with Gasteiger partial charge < -0.3 is 5.11 Å². The largest absolute Gasteiger partial charge is 0.481 e. The molecule has 1 unspecified atom stereocenters. The van der Waals surface area contributed by atoms with Crippen LogP contribution in [0.5, 0.6) is 0 Å². The summed E-state index contributed by atoms with van der Waals surface area (Å²) in [6.45, 7) is 5.34. The van der Waals surface area contributed by atoms with Gasteiger partial charge in [-0.2, -0.15) is 0 Å². The van der Waals surface area contributed by atoms with Crippen LogP contribution >= 0.6 is 0 Å². The number of aliphatic carboxylic acids is 1. The lowest BCUT2D eigenvalue weighted by molar-refractivity contribution is -0.141. The summed E-state index contributed by atoms with van der Waals surface area (Å²) in [6, 6.07) is 8.18. The van der Waals surface area contributed by atoms with E-state index in [0.717, 1.165) is 5.56 Å². The van der Waals surface area contributed by atoms with Crippen molar-refractivity contribution in [3.8, 4) is 12.3 Å². The lowest BCUT2D eigenvalue weighted by Gasteiger charge is -2.22. The summed E-state index contributed by atoms with van der Waals surface area (Å²) in [4.78, 5) is 12.8. The van der Waals surface area contributed by atoms with E-state index >= 15 is 0 Å². The van der Waals surface area contributed by atoms with Crippen LogP contribution in [-0.4, -0.2) is 29.1 Å². The van der Waals surface area contributed by atoms with Crippen molar-refractivity contribution in [2.45, 2.75) is 20.4 Å². The Morgan fingerprint density at radius 3 is 2.56 bits per heavy atom. The molecule has 0 heterocycles. The third-order valence-electron chi connectivity index (χ3n) is 2.80. The number of carbonyl (C=O) groups is 1. The van der Waals surface area contributed by atoms with Gasteiger partial charge in [0, 0.05) is 13.1 Å². The number of carboxylic acids is 1. The van der Waals surface area contributed by atoms with Gasteiger partial charge in [-0.3, -0.25) is 9.69 Å². The number of hydrogen-bond donors (Lipinski definition) is 1. The van der Waals surface area contributed by atoms with Gasteiger partial charge in [0.1, 0.15) is 0 Å². The van der Waals surface area contributed by atoms with E-state index in [4.69, 9.17) is 11.5 Å². The molecule has 96 valence electrons. The summed E-state index contributed by atoms with van der Waals surface area (Å²) in [6.07, 6.45) is 5.32.